The second-order valence-electron chi connectivity index (χ2n) is 7.09. The van der Waals surface area contributed by atoms with Crippen LogP contribution in [0.25, 0.3) is 6.08 Å². The number of ketones is 1. The third-order valence-corrected chi connectivity index (χ3v) is 4.95. The standard InChI is InChI=1S/C25H22O4/c1-16-4-5-17(2)19(12-16)15-28-21-10-11-22-23(14-21)29-24(25(22)26)13-18-6-8-20(27-3)9-7-18/h4-14H,15H2,1-3H3. The first-order valence-electron chi connectivity index (χ1n) is 9.45. The van der Waals surface area contributed by atoms with Crippen molar-refractivity contribution in [1.82, 2.24) is 0 Å². The Bertz CT molecular complexity index is 1090. The molecular formula is C25H22O4. The Labute approximate surface area is 170 Å². The van der Waals surface area contributed by atoms with Crippen LogP contribution in [0.5, 0.6) is 17.2 Å². The highest BCUT2D eigenvalue weighted by Crippen LogP contribution is 2.35. The van der Waals surface area contributed by atoms with E-state index in [1.54, 1.807) is 25.3 Å². The third kappa shape index (κ3) is 4.02. The minimum Gasteiger partial charge on any atom is -0.497 e. The van der Waals surface area contributed by atoms with Gasteiger partial charge in [0, 0.05) is 6.07 Å². The molecule has 0 bridgehead atoms. The van der Waals surface area contributed by atoms with Gasteiger partial charge >= 0.3 is 0 Å². The lowest BCUT2D eigenvalue weighted by atomic mass is 10.1. The molecule has 1 heterocycles. The van der Waals surface area contributed by atoms with Gasteiger partial charge in [0.2, 0.25) is 5.78 Å². The summed E-state index contributed by atoms with van der Waals surface area (Å²) in [5, 5.41) is 0. The predicted molar refractivity (Wildman–Crippen MR) is 113 cm³/mol. The number of benzene rings is 3. The zero-order valence-electron chi connectivity index (χ0n) is 16.7. The van der Waals surface area contributed by atoms with Gasteiger partial charge in [-0.05, 0) is 60.9 Å². The van der Waals surface area contributed by atoms with Gasteiger partial charge in [0.15, 0.2) is 5.76 Å². The topological polar surface area (TPSA) is 44.8 Å². The van der Waals surface area contributed by atoms with Crippen molar-refractivity contribution in [2.45, 2.75) is 20.5 Å². The molecular weight excluding hydrogens is 364 g/mol. The Morgan fingerprint density at radius 2 is 1.69 bits per heavy atom. The molecule has 0 aromatic heterocycles. The Morgan fingerprint density at radius 3 is 2.45 bits per heavy atom. The van der Waals surface area contributed by atoms with Crippen LogP contribution in [0.1, 0.15) is 32.6 Å². The maximum Gasteiger partial charge on any atom is 0.231 e. The fourth-order valence-electron chi connectivity index (χ4n) is 3.23. The average molecular weight is 386 g/mol. The van der Waals surface area contributed by atoms with Gasteiger partial charge in [-0.25, -0.2) is 0 Å². The fraction of sp³-hybridized carbons (Fsp3) is 0.160. The van der Waals surface area contributed by atoms with Crippen LogP contribution in [0.3, 0.4) is 0 Å². The molecule has 3 aromatic rings. The summed E-state index contributed by atoms with van der Waals surface area (Å²) in [6.07, 6.45) is 1.73. The van der Waals surface area contributed by atoms with Crippen LogP contribution in [0.2, 0.25) is 0 Å². The van der Waals surface area contributed by atoms with Gasteiger partial charge in [-0.3, -0.25) is 4.79 Å². The smallest absolute Gasteiger partial charge is 0.231 e. The Balaban J connectivity index is 1.50. The van der Waals surface area contributed by atoms with Crippen LogP contribution in [0, 0.1) is 13.8 Å². The van der Waals surface area contributed by atoms with Gasteiger partial charge in [0.1, 0.15) is 23.9 Å². The number of hydrogen-bond donors (Lipinski definition) is 0. The summed E-state index contributed by atoms with van der Waals surface area (Å²) >= 11 is 0. The van der Waals surface area contributed by atoms with Gasteiger partial charge in [0.05, 0.1) is 12.7 Å². The van der Waals surface area contributed by atoms with Gasteiger partial charge < -0.3 is 14.2 Å². The summed E-state index contributed by atoms with van der Waals surface area (Å²) in [6.45, 7) is 4.60. The number of hydrogen-bond acceptors (Lipinski definition) is 4. The van der Waals surface area contributed by atoms with Crippen LogP contribution >= 0.6 is 0 Å². The van der Waals surface area contributed by atoms with E-state index in [1.807, 2.05) is 30.3 Å². The summed E-state index contributed by atoms with van der Waals surface area (Å²) in [7, 11) is 1.62. The number of ether oxygens (including phenoxy) is 3. The molecule has 29 heavy (non-hydrogen) atoms. The minimum atomic E-state index is -0.128. The van der Waals surface area contributed by atoms with Crippen molar-refractivity contribution in [3.05, 3.63) is 94.2 Å². The van der Waals surface area contributed by atoms with Crippen molar-refractivity contribution in [2.75, 3.05) is 7.11 Å². The van der Waals surface area contributed by atoms with Crippen molar-refractivity contribution in [3.8, 4) is 17.2 Å². The lowest BCUT2D eigenvalue weighted by Crippen LogP contribution is -1.99. The number of aryl methyl sites for hydroxylation is 2. The first-order chi connectivity index (χ1) is 14.0. The molecule has 1 aliphatic heterocycles. The molecule has 0 saturated heterocycles. The van der Waals surface area contributed by atoms with Gasteiger partial charge in [-0.1, -0.05) is 35.9 Å². The van der Waals surface area contributed by atoms with Crippen molar-refractivity contribution < 1.29 is 19.0 Å². The molecule has 4 rings (SSSR count). The van der Waals surface area contributed by atoms with Crippen LogP contribution in [-0.4, -0.2) is 12.9 Å². The van der Waals surface area contributed by atoms with E-state index < -0.39 is 0 Å². The Hall–Kier alpha value is -3.53. The molecule has 0 unspecified atom stereocenters. The summed E-state index contributed by atoms with van der Waals surface area (Å²) in [6, 6.07) is 19.1. The summed E-state index contributed by atoms with van der Waals surface area (Å²) in [5.41, 5.74) is 4.94. The fourth-order valence-corrected chi connectivity index (χ4v) is 3.23. The van der Waals surface area contributed by atoms with Gasteiger partial charge in [0.25, 0.3) is 0 Å². The van der Waals surface area contributed by atoms with Crippen LogP contribution in [0.4, 0.5) is 0 Å². The van der Waals surface area contributed by atoms with E-state index in [9.17, 15) is 4.79 Å². The van der Waals surface area contributed by atoms with E-state index in [2.05, 4.69) is 32.0 Å². The van der Waals surface area contributed by atoms with Gasteiger partial charge in [-0.2, -0.15) is 0 Å². The SMILES string of the molecule is COc1ccc(C=C2Oc3cc(OCc4cc(C)ccc4C)ccc3C2=O)cc1. The number of carbonyl (C=O) groups excluding carboxylic acids is 1. The number of allylic oxidation sites excluding steroid dienone is 1. The average Bonchev–Trinajstić information content (AvgIpc) is 3.04. The number of carbonyl (C=O) groups is 1. The van der Waals surface area contributed by atoms with Crippen molar-refractivity contribution in [2.24, 2.45) is 0 Å². The van der Waals surface area contributed by atoms with E-state index in [0.29, 0.717) is 29.4 Å². The highest BCUT2D eigenvalue weighted by Gasteiger charge is 2.27. The monoisotopic (exact) mass is 386 g/mol. The summed E-state index contributed by atoms with van der Waals surface area (Å²) < 4.78 is 16.9. The van der Waals surface area contributed by atoms with E-state index in [4.69, 9.17) is 14.2 Å². The third-order valence-electron chi connectivity index (χ3n) is 4.95. The second kappa shape index (κ2) is 7.84. The van der Waals surface area contributed by atoms with Gasteiger partial charge in [-0.15, -0.1) is 0 Å². The highest BCUT2D eigenvalue weighted by molar-refractivity contribution is 6.14. The molecule has 4 nitrogen and oxygen atoms in total. The molecule has 4 heteroatoms. The van der Waals surface area contributed by atoms with Crippen molar-refractivity contribution >= 4 is 11.9 Å². The molecule has 0 atom stereocenters. The first-order valence-corrected chi connectivity index (χ1v) is 9.45. The van der Waals surface area contributed by atoms with Crippen LogP contribution < -0.4 is 14.2 Å². The molecule has 0 N–H and O–H groups in total. The number of rotatable bonds is 5. The summed E-state index contributed by atoms with van der Waals surface area (Å²) in [5.74, 6) is 2.13. The lowest BCUT2D eigenvalue weighted by Gasteiger charge is -2.10. The summed E-state index contributed by atoms with van der Waals surface area (Å²) in [4.78, 5) is 12.6. The first kappa shape index (κ1) is 18.8. The van der Waals surface area contributed by atoms with E-state index in [0.717, 1.165) is 16.9 Å². The highest BCUT2D eigenvalue weighted by atomic mass is 16.5. The molecule has 0 amide bonds. The van der Waals surface area contributed by atoms with Crippen LogP contribution in [-0.2, 0) is 6.61 Å². The molecule has 146 valence electrons. The Kier molecular flexibility index (Phi) is 5.09. The zero-order chi connectivity index (χ0) is 20.4. The molecule has 1 aliphatic rings. The zero-order valence-corrected chi connectivity index (χ0v) is 16.7. The number of Topliss-reactive ketones (excluding diaryl/α,β-unsaturated/α-hetero) is 1. The van der Waals surface area contributed by atoms with Crippen molar-refractivity contribution in [3.63, 3.8) is 0 Å². The molecule has 0 spiro atoms. The second-order valence-corrected chi connectivity index (χ2v) is 7.09. The lowest BCUT2D eigenvalue weighted by molar-refractivity contribution is 0.101. The largest absolute Gasteiger partial charge is 0.497 e. The van der Waals surface area contributed by atoms with E-state index in [-0.39, 0.29) is 5.78 Å². The molecule has 0 fully saturated rings. The van der Waals surface area contributed by atoms with E-state index in [1.165, 1.54) is 11.1 Å². The number of methoxy groups -OCH3 is 1. The normalized spacial score (nSPS) is 13.9. The molecule has 0 radical (unpaired) electrons. The number of fused-ring (bicyclic) bond motifs is 1. The van der Waals surface area contributed by atoms with E-state index >= 15 is 0 Å². The predicted octanol–water partition coefficient (Wildman–Crippen LogP) is 5.51. The quantitative estimate of drug-likeness (QED) is 0.543. The van der Waals surface area contributed by atoms with Crippen LogP contribution in [0.15, 0.2) is 66.4 Å². The molecule has 0 aliphatic carbocycles. The maximum atomic E-state index is 12.6. The minimum absolute atomic E-state index is 0.128. The Morgan fingerprint density at radius 1 is 0.931 bits per heavy atom. The maximum absolute atomic E-state index is 12.6. The molecule has 3 aromatic carbocycles. The molecule has 0 saturated carbocycles. The van der Waals surface area contributed by atoms with Crippen molar-refractivity contribution in [1.29, 1.82) is 0 Å².